The van der Waals surface area contributed by atoms with Crippen LogP contribution in [0.4, 0.5) is 4.39 Å². The van der Waals surface area contributed by atoms with E-state index in [1.807, 2.05) is 0 Å². The van der Waals surface area contributed by atoms with Gasteiger partial charge in [-0.05, 0) is 31.4 Å². The van der Waals surface area contributed by atoms with Crippen LogP contribution in [-0.2, 0) is 11.2 Å². The van der Waals surface area contributed by atoms with Crippen molar-refractivity contribution < 1.29 is 14.3 Å². The van der Waals surface area contributed by atoms with Crippen LogP contribution in [0.5, 0.6) is 0 Å². The molecule has 1 atom stereocenters. The topological polar surface area (TPSA) is 49.3 Å². The van der Waals surface area contributed by atoms with Gasteiger partial charge in [-0.1, -0.05) is 43.9 Å². The minimum Gasteiger partial charge on any atom is -0.480 e. The molecular formula is C17H24FNO2. The molecule has 1 aromatic rings. The number of carboxylic acids is 1. The van der Waals surface area contributed by atoms with Crippen molar-refractivity contribution in [2.75, 3.05) is 0 Å². The molecule has 0 aromatic heterocycles. The normalized spacial score (nSPS) is 19.7. The van der Waals surface area contributed by atoms with Crippen LogP contribution in [0.25, 0.3) is 0 Å². The molecule has 1 saturated carbocycles. The Labute approximate surface area is 125 Å². The van der Waals surface area contributed by atoms with Crippen LogP contribution in [0.2, 0.25) is 0 Å². The van der Waals surface area contributed by atoms with Gasteiger partial charge >= 0.3 is 5.97 Å². The van der Waals surface area contributed by atoms with Crippen molar-refractivity contribution in [1.29, 1.82) is 0 Å². The molecule has 0 aliphatic heterocycles. The third-order valence-electron chi connectivity index (χ3n) is 4.35. The summed E-state index contributed by atoms with van der Waals surface area (Å²) in [5.74, 6) is -1.26. The molecule has 0 spiro atoms. The molecule has 1 aliphatic rings. The fourth-order valence-corrected chi connectivity index (χ4v) is 3.09. The van der Waals surface area contributed by atoms with Crippen molar-refractivity contribution in [3.63, 3.8) is 0 Å². The molecule has 2 rings (SSSR count). The quantitative estimate of drug-likeness (QED) is 0.817. The summed E-state index contributed by atoms with van der Waals surface area (Å²) in [6, 6.07) is 6.61. The van der Waals surface area contributed by atoms with Gasteiger partial charge in [-0.25, -0.2) is 4.39 Å². The smallest absolute Gasteiger partial charge is 0.323 e. The molecule has 1 aliphatic carbocycles. The van der Waals surface area contributed by atoms with Gasteiger partial charge in [-0.3, -0.25) is 10.1 Å². The van der Waals surface area contributed by atoms with E-state index in [0.717, 1.165) is 25.7 Å². The molecular weight excluding hydrogens is 269 g/mol. The van der Waals surface area contributed by atoms with E-state index < -0.39 is 11.5 Å². The van der Waals surface area contributed by atoms with E-state index in [0.29, 0.717) is 5.56 Å². The molecule has 1 aromatic carbocycles. The first-order valence-corrected chi connectivity index (χ1v) is 7.76. The molecule has 1 fully saturated rings. The number of rotatable bonds is 5. The highest BCUT2D eigenvalue weighted by Crippen LogP contribution is 2.22. The van der Waals surface area contributed by atoms with Gasteiger partial charge in [0.15, 0.2) is 0 Å². The van der Waals surface area contributed by atoms with Crippen LogP contribution in [0.15, 0.2) is 24.3 Å². The molecule has 0 amide bonds. The zero-order valence-electron chi connectivity index (χ0n) is 12.6. The zero-order chi connectivity index (χ0) is 15.3. The van der Waals surface area contributed by atoms with Gasteiger partial charge in [0.2, 0.25) is 0 Å². The standard InChI is InChI=1S/C17H24FNO2/c1-17(16(20)21,12-13-8-6-7-11-15(13)18)19-14-9-4-2-3-5-10-14/h6-8,11,14,19H,2-5,9-10,12H2,1H3,(H,20,21). The molecule has 3 nitrogen and oxygen atoms in total. The Bertz CT molecular complexity index is 483. The maximum absolute atomic E-state index is 13.8. The third kappa shape index (κ3) is 4.27. The van der Waals surface area contributed by atoms with Crippen LogP contribution in [0, 0.1) is 5.82 Å². The summed E-state index contributed by atoms with van der Waals surface area (Å²) in [4.78, 5) is 11.7. The second-order valence-electron chi connectivity index (χ2n) is 6.24. The van der Waals surface area contributed by atoms with Gasteiger partial charge in [0.25, 0.3) is 0 Å². The molecule has 1 unspecified atom stereocenters. The van der Waals surface area contributed by atoms with Gasteiger partial charge < -0.3 is 5.11 Å². The van der Waals surface area contributed by atoms with Gasteiger partial charge in [0.1, 0.15) is 11.4 Å². The number of carboxylic acid groups (broad SMARTS) is 1. The average Bonchev–Trinajstić information content (AvgIpc) is 2.70. The lowest BCUT2D eigenvalue weighted by molar-refractivity contribution is -0.144. The van der Waals surface area contributed by atoms with Crippen LogP contribution in [0.3, 0.4) is 0 Å². The molecule has 0 bridgehead atoms. The van der Waals surface area contributed by atoms with E-state index in [9.17, 15) is 14.3 Å². The van der Waals surface area contributed by atoms with Crippen molar-refractivity contribution in [3.8, 4) is 0 Å². The molecule has 0 radical (unpaired) electrons. The number of halogens is 1. The maximum Gasteiger partial charge on any atom is 0.323 e. The van der Waals surface area contributed by atoms with Crippen molar-refractivity contribution in [2.45, 2.75) is 63.5 Å². The number of aliphatic carboxylic acids is 1. The second-order valence-corrected chi connectivity index (χ2v) is 6.24. The Morgan fingerprint density at radius 1 is 1.29 bits per heavy atom. The molecule has 2 N–H and O–H groups in total. The van der Waals surface area contributed by atoms with Crippen molar-refractivity contribution in [1.82, 2.24) is 5.32 Å². The highest BCUT2D eigenvalue weighted by atomic mass is 19.1. The predicted octanol–water partition coefficient (Wildman–Crippen LogP) is 3.52. The number of hydrogen-bond donors (Lipinski definition) is 2. The SMILES string of the molecule is CC(Cc1ccccc1F)(NC1CCCCCC1)C(=O)O. The minimum absolute atomic E-state index is 0.158. The first kappa shape index (κ1) is 16.0. The summed E-state index contributed by atoms with van der Waals surface area (Å²) in [5.41, 5.74) is -0.680. The summed E-state index contributed by atoms with van der Waals surface area (Å²) < 4.78 is 13.8. The van der Waals surface area contributed by atoms with Crippen LogP contribution in [0.1, 0.15) is 51.0 Å². The van der Waals surface area contributed by atoms with Crippen molar-refractivity contribution in [3.05, 3.63) is 35.6 Å². The number of benzene rings is 1. The maximum atomic E-state index is 13.8. The molecule has 116 valence electrons. The summed E-state index contributed by atoms with van der Waals surface area (Å²) in [7, 11) is 0. The predicted molar refractivity (Wildman–Crippen MR) is 80.8 cm³/mol. The highest BCUT2D eigenvalue weighted by molar-refractivity contribution is 5.78. The van der Waals surface area contributed by atoms with Crippen molar-refractivity contribution in [2.24, 2.45) is 0 Å². The Morgan fingerprint density at radius 3 is 2.48 bits per heavy atom. The average molecular weight is 293 g/mol. The van der Waals surface area contributed by atoms with Gasteiger partial charge in [-0.2, -0.15) is 0 Å². The summed E-state index contributed by atoms with van der Waals surface area (Å²) >= 11 is 0. The van der Waals surface area contributed by atoms with E-state index in [4.69, 9.17) is 0 Å². The minimum atomic E-state index is -1.13. The fraction of sp³-hybridized carbons (Fsp3) is 0.588. The number of hydrogen-bond acceptors (Lipinski definition) is 2. The van der Waals surface area contributed by atoms with Crippen LogP contribution in [-0.4, -0.2) is 22.7 Å². The summed E-state index contributed by atoms with van der Waals surface area (Å²) in [6.07, 6.45) is 6.86. The Morgan fingerprint density at radius 2 is 1.90 bits per heavy atom. The van der Waals surface area contributed by atoms with E-state index in [2.05, 4.69) is 5.32 Å². The Kier molecular flexibility index (Phi) is 5.34. The van der Waals surface area contributed by atoms with Gasteiger partial charge in [-0.15, -0.1) is 0 Å². The van der Waals surface area contributed by atoms with Crippen molar-refractivity contribution >= 4 is 5.97 Å². The van der Waals surface area contributed by atoms with E-state index in [-0.39, 0.29) is 18.3 Å². The monoisotopic (exact) mass is 293 g/mol. The molecule has 21 heavy (non-hydrogen) atoms. The first-order chi connectivity index (χ1) is 10.0. The van der Waals surface area contributed by atoms with Crippen LogP contribution < -0.4 is 5.32 Å². The lowest BCUT2D eigenvalue weighted by Gasteiger charge is -2.31. The van der Waals surface area contributed by atoms with Gasteiger partial charge in [0.05, 0.1) is 0 Å². The summed E-state index contributed by atoms with van der Waals surface area (Å²) in [6.45, 7) is 1.66. The largest absolute Gasteiger partial charge is 0.480 e. The Hall–Kier alpha value is -1.42. The lowest BCUT2D eigenvalue weighted by atomic mass is 9.90. The van der Waals surface area contributed by atoms with Crippen LogP contribution >= 0.6 is 0 Å². The zero-order valence-corrected chi connectivity index (χ0v) is 12.6. The first-order valence-electron chi connectivity index (χ1n) is 7.76. The van der Waals surface area contributed by atoms with E-state index in [1.54, 1.807) is 25.1 Å². The molecule has 0 saturated heterocycles. The van der Waals surface area contributed by atoms with E-state index in [1.165, 1.54) is 18.9 Å². The van der Waals surface area contributed by atoms with E-state index >= 15 is 0 Å². The fourth-order valence-electron chi connectivity index (χ4n) is 3.09. The second kappa shape index (κ2) is 7.03. The summed E-state index contributed by atoms with van der Waals surface area (Å²) in [5, 5.41) is 12.9. The third-order valence-corrected chi connectivity index (χ3v) is 4.35. The van der Waals surface area contributed by atoms with Gasteiger partial charge in [0, 0.05) is 12.5 Å². The number of nitrogens with one attached hydrogen (secondary N) is 1. The Balaban J connectivity index is 2.12. The molecule has 0 heterocycles. The molecule has 4 heteroatoms. The highest BCUT2D eigenvalue weighted by Gasteiger charge is 2.36. The lowest BCUT2D eigenvalue weighted by Crippen LogP contribution is -2.55. The number of carbonyl (C=O) groups is 1.